The molecule has 0 amide bonds. The molecule has 0 atom stereocenters. The Balaban J connectivity index is 2.07. The maximum atomic E-state index is 12.2. The summed E-state index contributed by atoms with van der Waals surface area (Å²) in [4.78, 5) is 12.2. The average Bonchev–Trinajstić information content (AvgIpc) is 2.63. The van der Waals surface area contributed by atoms with Gasteiger partial charge in [-0.15, -0.1) is 0 Å². The highest BCUT2D eigenvalue weighted by Crippen LogP contribution is 2.20. The Morgan fingerprint density at radius 2 is 1.88 bits per heavy atom. The van der Waals surface area contributed by atoms with Crippen LogP contribution in [0.1, 0.15) is 15.9 Å². The zero-order valence-corrected chi connectivity index (χ0v) is 13.1. The molecular weight excluding hydrogens is 302 g/mol. The maximum absolute atomic E-state index is 12.2. The van der Waals surface area contributed by atoms with Gasteiger partial charge >= 0.3 is 0 Å². The van der Waals surface area contributed by atoms with Crippen molar-refractivity contribution in [3.63, 3.8) is 0 Å². The van der Waals surface area contributed by atoms with Gasteiger partial charge in [0.05, 0.1) is 0 Å². The van der Waals surface area contributed by atoms with Gasteiger partial charge in [-0.2, -0.15) is 5.26 Å². The van der Waals surface area contributed by atoms with E-state index in [4.69, 9.17) is 14.7 Å². The summed E-state index contributed by atoms with van der Waals surface area (Å²) in [5.41, 5.74) is 1.36. The number of hydrogen-bond donors (Lipinski definition) is 0. The molecule has 0 N–H and O–H groups in total. The number of carbonyl (C=O) groups excluding carboxylic acids is 1. The number of ether oxygens (including phenoxy) is 2. The molecule has 0 fully saturated rings. The van der Waals surface area contributed by atoms with E-state index in [1.165, 1.54) is 6.08 Å². The first-order chi connectivity index (χ1) is 11.7. The second-order valence-electron chi connectivity index (χ2n) is 4.81. The first kappa shape index (κ1) is 17.0. The molecule has 2 rings (SSSR count). The fraction of sp³-hybridized carbons (Fsp3) is 0.100. The molecule has 0 aliphatic carbocycles. The van der Waals surface area contributed by atoms with Crippen molar-refractivity contribution in [3.8, 4) is 17.6 Å². The highest BCUT2D eigenvalue weighted by atomic mass is 16.5. The molecule has 0 aromatic heterocycles. The second-order valence-corrected chi connectivity index (χ2v) is 4.81. The number of nitriles is 1. The molecule has 2 aromatic rings. The number of benzene rings is 2. The van der Waals surface area contributed by atoms with Crippen LogP contribution in [0.25, 0.3) is 6.08 Å². The largest absolute Gasteiger partial charge is 0.489 e. The monoisotopic (exact) mass is 319 g/mol. The lowest BCUT2D eigenvalue weighted by atomic mass is 10.1. The first-order valence-electron chi connectivity index (χ1n) is 7.39. The number of nitrogens with zero attached hydrogens (tertiary/aromatic N) is 1. The van der Waals surface area contributed by atoms with E-state index >= 15 is 0 Å². The molecule has 2 aromatic carbocycles. The lowest BCUT2D eigenvalue weighted by molar-refractivity contribution is 0.104. The van der Waals surface area contributed by atoms with Crippen LogP contribution in [0.15, 0.2) is 67.3 Å². The molecule has 0 heterocycles. The summed E-state index contributed by atoms with van der Waals surface area (Å²) in [6.07, 6.45) is 4.89. The van der Waals surface area contributed by atoms with Gasteiger partial charge in [0.15, 0.2) is 12.4 Å². The zero-order chi connectivity index (χ0) is 17.2. The van der Waals surface area contributed by atoms with Gasteiger partial charge < -0.3 is 9.47 Å². The molecule has 0 aliphatic heterocycles. The third kappa shape index (κ3) is 4.85. The Bertz CT molecular complexity index is 770. The van der Waals surface area contributed by atoms with Crippen LogP contribution in [0.2, 0.25) is 0 Å². The highest BCUT2D eigenvalue weighted by Gasteiger charge is 2.04. The van der Waals surface area contributed by atoms with Gasteiger partial charge in [0.1, 0.15) is 24.2 Å². The van der Waals surface area contributed by atoms with Crippen LogP contribution in [0, 0.1) is 11.3 Å². The molecule has 4 heteroatoms. The summed E-state index contributed by atoms with van der Waals surface area (Å²) >= 11 is 0. The van der Waals surface area contributed by atoms with Crippen molar-refractivity contribution in [2.24, 2.45) is 0 Å². The molecule has 0 saturated heterocycles. The van der Waals surface area contributed by atoms with Gasteiger partial charge in [0.25, 0.3) is 0 Å². The molecule has 0 unspecified atom stereocenters. The van der Waals surface area contributed by atoms with Crippen molar-refractivity contribution >= 4 is 11.9 Å². The van der Waals surface area contributed by atoms with Gasteiger partial charge in [0.2, 0.25) is 0 Å². The summed E-state index contributed by atoms with van der Waals surface area (Å²) in [6.45, 7) is 4.01. The topological polar surface area (TPSA) is 59.3 Å². The lowest BCUT2D eigenvalue weighted by Gasteiger charge is -2.06. The highest BCUT2D eigenvalue weighted by molar-refractivity contribution is 6.07. The van der Waals surface area contributed by atoms with Gasteiger partial charge in [0, 0.05) is 11.1 Å². The Labute approximate surface area is 141 Å². The first-order valence-corrected chi connectivity index (χ1v) is 7.39. The van der Waals surface area contributed by atoms with E-state index in [1.807, 2.05) is 30.3 Å². The molecule has 0 saturated carbocycles. The number of hydrogen-bond acceptors (Lipinski definition) is 4. The standard InChI is InChI=1S/C20H17NO3/c1-2-14-24-20-6-4-3-5-17(20)9-12-19(22)16-7-10-18(11-8-16)23-15-13-21/h2-12H,1,14-15H2/b12-9+. The fourth-order valence-electron chi connectivity index (χ4n) is 1.99. The molecular formula is C20H17NO3. The van der Waals surface area contributed by atoms with E-state index in [9.17, 15) is 4.79 Å². The normalized spacial score (nSPS) is 10.1. The van der Waals surface area contributed by atoms with Crippen molar-refractivity contribution in [1.29, 1.82) is 5.26 Å². The van der Waals surface area contributed by atoms with E-state index in [2.05, 4.69) is 6.58 Å². The van der Waals surface area contributed by atoms with Crippen molar-refractivity contribution in [1.82, 2.24) is 0 Å². The Kier molecular flexibility index (Phi) is 6.36. The van der Waals surface area contributed by atoms with Crippen LogP contribution in [-0.4, -0.2) is 19.0 Å². The van der Waals surface area contributed by atoms with Crippen LogP contribution >= 0.6 is 0 Å². The minimum atomic E-state index is -0.125. The summed E-state index contributed by atoms with van der Waals surface area (Å²) in [5.74, 6) is 1.13. The van der Waals surface area contributed by atoms with Gasteiger partial charge in [-0.1, -0.05) is 30.9 Å². The van der Waals surface area contributed by atoms with Crippen molar-refractivity contribution < 1.29 is 14.3 Å². The van der Waals surface area contributed by atoms with Crippen LogP contribution in [-0.2, 0) is 0 Å². The summed E-state index contributed by atoms with van der Waals surface area (Å²) in [5, 5.41) is 8.47. The Morgan fingerprint density at radius 1 is 1.12 bits per heavy atom. The van der Waals surface area contributed by atoms with Gasteiger partial charge in [-0.05, 0) is 42.5 Å². The minimum absolute atomic E-state index is 0.0192. The fourth-order valence-corrected chi connectivity index (χ4v) is 1.99. The number of ketones is 1. The number of allylic oxidation sites excluding steroid dienone is 1. The summed E-state index contributed by atoms with van der Waals surface area (Å²) in [6, 6.07) is 16.0. The summed E-state index contributed by atoms with van der Waals surface area (Å²) < 4.78 is 10.7. The zero-order valence-electron chi connectivity index (χ0n) is 13.1. The Morgan fingerprint density at radius 3 is 2.58 bits per heavy atom. The lowest BCUT2D eigenvalue weighted by Crippen LogP contribution is -1.97. The maximum Gasteiger partial charge on any atom is 0.185 e. The van der Waals surface area contributed by atoms with Crippen molar-refractivity contribution in [2.45, 2.75) is 0 Å². The van der Waals surface area contributed by atoms with Crippen LogP contribution in [0.3, 0.4) is 0 Å². The minimum Gasteiger partial charge on any atom is -0.489 e. The second kappa shape index (κ2) is 8.96. The molecule has 0 spiro atoms. The smallest absolute Gasteiger partial charge is 0.185 e. The molecule has 24 heavy (non-hydrogen) atoms. The molecule has 0 radical (unpaired) electrons. The Hall–Kier alpha value is -3.32. The van der Waals surface area contributed by atoms with Crippen LogP contribution in [0.4, 0.5) is 0 Å². The van der Waals surface area contributed by atoms with E-state index < -0.39 is 0 Å². The third-order valence-electron chi connectivity index (χ3n) is 3.13. The predicted molar refractivity (Wildman–Crippen MR) is 93.0 cm³/mol. The van der Waals surface area contributed by atoms with Crippen LogP contribution in [0.5, 0.6) is 11.5 Å². The SMILES string of the molecule is C=CCOc1ccccc1/C=C/C(=O)c1ccc(OCC#N)cc1. The number of rotatable bonds is 8. The predicted octanol–water partition coefficient (Wildman–Crippen LogP) is 4.05. The quantitative estimate of drug-likeness (QED) is 0.418. The molecule has 0 bridgehead atoms. The van der Waals surface area contributed by atoms with E-state index in [1.54, 1.807) is 36.4 Å². The van der Waals surface area contributed by atoms with E-state index in [0.717, 1.165) is 5.56 Å². The number of para-hydroxylation sites is 1. The van der Waals surface area contributed by atoms with Gasteiger partial charge in [-0.25, -0.2) is 0 Å². The van der Waals surface area contributed by atoms with E-state index in [-0.39, 0.29) is 12.4 Å². The van der Waals surface area contributed by atoms with E-state index in [0.29, 0.717) is 23.7 Å². The van der Waals surface area contributed by atoms with Crippen molar-refractivity contribution in [2.75, 3.05) is 13.2 Å². The molecule has 120 valence electrons. The van der Waals surface area contributed by atoms with Crippen LogP contribution < -0.4 is 9.47 Å². The van der Waals surface area contributed by atoms with Crippen molar-refractivity contribution in [3.05, 3.63) is 78.4 Å². The number of carbonyl (C=O) groups is 1. The van der Waals surface area contributed by atoms with Gasteiger partial charge in [-0.3, -0.25) is 4.79 Å². The summed E-state index contributed by atoms with van der Waals surface area (Å²) in [7, 11) is 0. The molecule has 0 aliphatic rings. The average molecular weight is 319 g/mol. The third-order valence-corrected chi connectivity index (χ3v) is 3.13. The molecule has 4 nitrogen and oxygen atoms in total.